The van der Waals surface area contributed by atoms with Gasteiger partial charge in [-0.2, -0.15) is 0 Å². The summed E-state index contributed by atoms with van der Waals surface area (Å²) in [6, 6.07) is 11.0. The third kappa shape index (κ3) is 3.30. The van der Waals surface area contributed by atoms with Gasteiger partial charge in [0.05, 0.1) is 23.5 Å². The zero-order valence-corrected chi connectivity index (χ0v) is 15.5. The number of methoxy groups -OCH3 is 1. The standard InChI is InChI=1S/C19H17BrN2O4/c1-10-15(17(23)11-6-4-3-5-7-11)16(22-19(25)21-10)12-8-13(20)18(24)14(9-12)26-2/h3-9,15-16,24H,1H2,2H3,(H2,21,22,25)/t15-,16+/m1/s1. The van der Waals surface area contributed by atoms with Crippen LogP contribution in [0, 0.1) is 5.92 Å². The van der Waals surface area contributed by atoms with E-state index in [1.165, 1.54) is 7.11 Å². The Labute approximate surface area is 159 Å². The van der Waals surface area contributed by atoms with Gasteiger partial charge in [-0.25, -0.2) is 4.79 Å². The molecule has 0 spiro atoms. The normalized spacial score (nSPS) is 19.5. The summed E-state index contributed by atoms with van der Waals surface area (Å²) in [4.78, 5) is 25.0. The summed E-state index contributed by atoms with van der Waals surface area (Å²) in [5, 5.41) is 15.4. The minimum Gasteiger partial charge on any atom is -0.503 e. The van der Waals surface area contributed by atoms with E-state index in [0.717, 1.165) is 0 Å². The number of benzene rings is 2. The van der Waals surface area contributed by atoms with Gasteiger partial charge in [0, 0.05) is 11.3 Å². The van der Waals surface area contributed by atoms with E-state index in [9.17, 15) is 14.7 Å². The maximum absolute atomic E-state index is 13.1. The summed E-state index contributed by atoms with van der Waals surface area (Å²) < 4.78 is 5.57. The van der Waals surface area contributed by atoms with Crippen LogP contribution < -0.4 is 15.4 Å². The molecule has 0 bridgehead atoms. The lowest BCUT2D eigenvalue weighted by atomic mass is 9.83. The van der Waals surface area contributed by atoms with Crippen LogP contribution in [0.3, 0.4) is 0 Å². The summed E-state index contributed by atoms with van der Waals surface area (Å²) in [6.45, 7) is 3.87. The van der Waals surface area contributed by atoms with E-state index < -0.39 is 18.0 Å². The number of nitrogens with one attached hydrogen (secondary N) is 2. The number of carbonyl (C=O) groups excluding carboxylic acids is 2. The fraction of sp³-hybridized carbons (Fsp3) is 0.158. The van der Waals surface area contributed by atoms with Crippen LogP contribution in [-0.4, -0.2) is 24.0 Å². The highest BCUT2D eigenvalue weighted by Crippen LogP contribution is 2.40. The van der Waals surface area contributed by atoms with Gasteiger partial charge in [-0.1, -0.05) is 36.9 Å². The molecule has 1 heterocycles. The van der Waals surface area contributed by atoms with E-state index in [-0.39, 0.29) is 17.3 Å². The number of carbonyl (C=O) groups is 2. The van der Waals surface area contributed by atoms with Gasteiger partial charge in [0.25, 0.3) is 0 Å². The molecule has 0 unspecified atom stereocenters. The van der Waals surface area contributed by atoms with Crippen LogP contribution in [0.4, 0.5) is 4.79 Å². The summed E-state index contributed by atoms with van der Waals surface area (Å²) in [5.41, 5.74) is 1.44. The lowest BCUT2D eigenvalue weighted by Crippen LogP contribution is -2.50. The van der Waals surface area contributed by atoms with Crippen LogP contribution in [0.5, 0.6) is 11.5 Å². The molecule has 0 aromatic heterocycles. The Hall–Kier alpha value is -2.80. The van der Waals surface area contributed by atoms with Crippen molar-refractivity contribution >= 4 is 27.7 Å². The van der Waals surface area contributed by atoms with Crippen LogP contribution in [0.25, 0.3) is 0 Å². The fourth-order valence-corrected chi connectivity index (χ4v) is 3.44. The Balaban J connectivity index is 2.07. The smallest absolute Gasteiger partial charge is 0.319 e. The van der Waals surface area contributed by atoms with Gasteiger partial charge in [0.1, 0.15) is 0 Å². The number of aromatic hydroxyl groups is 1. The number of urea groups is 1. The fourth-order valence-electron chi connectivity index (χ4n) is 2.98. The van der Waals surface area contributed by atoms with Crippen molar-refractivity contribution in [3.05, 3.63) is 70.3 Å². The van der Waals surface area contributed by atoms with Gasteiger partial charge in [-0.3, -0.25) is 4.79 Å². The van der Waals surface area contributed by atoms with Gasteiger partial charge in [0.2, 0.25) is 0 Å². The number of amides is 2. The first-order chi connectivity index (χ1) is 12.4. The Morgan fingerprint density at radius 3 is 2.62 bits per heavy atom. The zero-order valence-electron chi connectivity index (χ0n) is 14.0. The number of halogens is 1. The second-order valence-electron chi connectivity index (χ2n) is 5.86. The molecule has 134 valence electrons. The first kappa shape index (κ1) is 18.0. The number of phenolic OH excluding ortho intramolecular Hbond substituents is 1. The molecule has 6 nitrogen and oxygen atoms in total. The van der Waals surface area contributed by atoms with E-state index >= 15 is 0 Å². The molecule has 1 saturated heterocycles. The number of ketones is 1. The Morgan fingerprint density at radius 2 is 1.96 bits per heavy atom. The van der Waals surface area contributed by atoms with Gasteiger partial charge in [-0.15, -0.1) is 0 Å². The molecule has 1 aliphatic heterocycles. The van der Waals surface area contributed by atoms with Crippen molar-refractivity contribution in [2.45, 2.75) is 6.04 Å². The predicted molar refractivity (Wildman–Crippen MR) is 100 cm³/mol. The first-order valence-electron chi connectivity index (χ1n) is 7.84. The van der Waals surface area contributed by atoms with Crippen molar-refractivity contribution in [1.29, 1.82) is 0 Å². The molecule has 0 aliphatic carbocycles. The second-order valence-corrected chi connectivity index (χ2v) is 6.72. The van der Waals surface area contributed by atoms with Crippen molar-refractivity contribution in [2.24, 2.45) is 5.92 Å². The van der Waals surface area contributed by atoms with Crippen molar-refractivity contribution in [3.8, 4) is 11.5 Å². The Morgan fingerprint density at radius 1 is 1.27 bits per heavy atom. The van der Waals surface area contributed by atoms with Crippen LogP contribution >= 0.6 is 15.9 Å². The highest BCUT2D eigenvalue weighted by molar-refractivity contribution is 9.10. The van der Waals surface area contributed by atoms with E-state index in [1.54, 1.807) is 36.4 Å². The van der Waals surface area contributed by atoms with Crippen molar-refractivity contribution in [3.63, 3.8) is 0 Å². The molecule has 0 radical (unpaired) electrons. The third-order valence-corrected chi connectivity index (χ3v) is 4.84. The zero-order chi connectivity index (χ0) is 18.8. The lowest BCUT2D eigenvalue weighted by molar-refractivity contribution is 0.0905. The largest absolute Gasteiger partial charge is 0.503 e. The first-order valence-corrected chi connectivity index (χ1v) is 8.63. The molecule has 1 aliphatic rings. The van der Waals surface area contributed by atoms with E-state index in [2.05, 4.69) is 33.1 Å². The SMILES string of the molecule is C=C1NC(=O)N[C@@H](c2cc(Br)c(O)c(OC)c2)[C@@H]1C(=O)c1ccccc1. The number of hydrogen-bond donors (Lipinski definition) is 3. The minimum absolute atomic E-state index is 0.0544. The molecular weight excluding hydrogens is 400 g/mol. The van der Waals surface area contributed by atoms with Crippen molar-refractivity contribution in [1.82, 2.24) is 10.6 Å². The van der Waals surface area contributed by atoms with Crippen molar-refractivity contribution in [2.75, 3.05) is 7.11 Å². The van der Waals surface area contributed by atoms with Gasteiger partial charge < -0.3 is 20.5 Å². The highest BCUT2D eigenvalue weighted by Gasteiger charge is 2.38. The van der Waals surface area contributed by atoms with Gasteiger partial charge in [-0.05, 0) is 33.6 Å². The Kier molecular flexibility index (Phi) is 4.99. The second kappa shape index (κ2) is 7.21. The summed E-state index contributed by atoms with van der Waals surface area (Å²) in [6.07, 6.45) is 0. The van der Waals surface area contributed by atoms with E-state index in [0.29, 0.717) is 21.3 Å². The molecule has 3 rings (SSSR count). The van der Waals surface area contributed by atoms with E-state index in [4.69, 9.17) is 4.74 Å². The number of phenols is 1. The molecule has 7 heteroatoms. The molecule has 1 fully saturated rings. The summed E-state index contributed by atoms with van der Waals surface area (Å²) in [7, 11) is 1.43. The van der Waals surface area contributed by atoms with Crippen LogP contribution in [-0.2, 0) is 0 Å². The third-order valence-electron chi connectivity index (χ3n) is 4.24. The number of hydrogen-bond acceptors (Lipinski definition) is 4. The summed E-state index contributed by atoms with van der Waals surface area (Å²) >= 11 is 3.27. The van der Waals surface area contributed by atoms with E-state index in [1.807, 2.05) is 6.07 Å². The topological polar surface area (TPSA) is 87.7 Å². The maximum Gasteiger partial charge on any atom is 0.319 e. The quantitative estimate of drug-likeness (QED) is 0.665. The molecule has 0 saturated carbocycles. The molecule has 26 heavy (non-hydrogen) atoms. The maximum atomic E-state index is 13.1. The monoisotopic (exact) mass is 416 g/mol. The molecule has 3 N–H and O–H groups in total. The summed E-state index contributed by atoms with van der Waals surface area (Å²) in [5.74, 6) is -0.701. The average molecular weight is 417 g/mol. The number of Topliss-reactive ketones (excluding diaryl/α,β-unsaturated/α-hetero) is 1. The highest BCUT2D eigenvalue weighted by atomic mass is 79.9. The lowest BCUT2D eigenvalue weighted by Gasteiger charge is -2.34. The van der Waals surface area contributed by atoms with Crippen LogP contribution in [0.1, 0.15) is 22.0 Å². The molecular formula is C19H17BrN2O4. The molecule has 2 aromatic rings. The molecule has 2 atom stereocenters. The average Bonchev–Trinajstić information content (AvgIpc) is 2.63. The predicted octanol–water partition coefficient (Wildman–Crippen LogP) is 3.53. The number of rotatable bonds is 4. The minimum atomic E-state index is -0.712. The van der Waals surface area contributed by atoms with Crippen LogP contribution in [0.2, 0.25) is 0 Å². The molecule has 2 amide bonds. The van der Waals surface area contributed by atoms with Gasteiger partial charge >= 0.3 is 6.03 Å². The van der Waals surface area contributed by atoms with Gasteiger partial charge in [0.15, 0.2) is 17.3 Å². The molecule has 2 aromatic carbocycles. The Bertz CT molecular complexity index is 883. The number of ether oxygens (including phenoxy) is 1. The van der Waals surface area contributed by atoms with Crippen molar-refractivity contribution < 1.29 is 19.4 Å². The van der Waals surface area contributed by atoms with Crippen LogP contribution in [0.15, 0.2) is 59.2 Å².